The molecule has 4 aromatic heterocycles. The lowest BCUT2D eigenvalue weighted by molar-refractivity contribution is -0.182. The Morgan fingerprint density at radius 1 is 0.957 bits per heavy atom. The summed E-state index contributed by atoms with van der Waals surface area (Å²) in [5.41, 5.74) is 11.5. The molecule has 8 rings (SSSR count). The van der Waals surface area contributed by atoms with Crippen LogP contribution in [0.15, 0.2) is 25.3 Å². The minimum Gasteiger partial charge on any atom is -0.382 e. The summed E-state index contributed by atoms with van der Waals surface area (Å²) in [7, 11) is 0. The molecule has 5 N–H and O–H groups in total. The molecule has 4 aromatic rings. The van der Waals surface area contributed by atoms with Gasteiger partial charge in [0.1, 0.15) is 47.6 Å². The van der Waals surface area contributed by atoms with E-state index < -0.39 is 68.8 Å². The van der Waals surface area contributed by atoms with Crippen LogP contribution in [0.5, 0.6) is 0 Å². The van der Waals surface area contributed by atoms with Crippen molar-refractivity contribution in [2.75, 3.05) is 31.3 Å². The average Bonchev–Trinajstić information content (AvgIpc) is 3.82. The van der Waals surface area contributed by atoms with E-state index in [9.17, 15) is 9.46 Å². The fourth-order valence-electron chi connectivity index (χ4n) is 6.08. The molecule has 10 atom stereocenters. The van der Waals surface area contributed by atoms with Crippen molar-refractivity contribution in [2.45, 2.75) is 55.1 Å². The molecule has 0 aromatic carbocycles. The van der Waals surface area contributed by atoms with Gasteiger partial charge in [-0.25, -0.2) is 38.9 Å². The van der Waals surface area contributed by atoms with Crippen molar-refractivity contribution < 1.29 is 46.2 Å². The summed E-state index contributed by atoms with van der Waals surface area (Å²) in [6.45, 7) is -9.27. The third-order valence-corrected chi connectivity index (χ3v) is 11.4. The van der Waals surface area contributed by atoms with Gasteiger partial charge in [0.2, 0.25) is 0 Å². The first-order valence-corrected chi connectivity index (χ1v) is 19.0. The third kappa shape index (κ3) is 5.03. The molecular weight excluding hydrogens is 693 g/mol. The van der Waals surface area contributed by atoms with Crippen LogP contribution in [-0.4, -0.2) is 99.9 Å². The molecular formula is C22H25FN10O9P2S2. The largest absolute Gasteiger partial charge is 0.386 e. The lowest BCUT2D eigenvalue weighted by Crippen LogP contribution is -2.45. The second kappa shape index (κ2) is 11.0. The number of ether oxygens (including phenoxy) is 3. The first-order chi connectivity index (χ1) is 22.0. The van der Waals surface area contributed by atoms with Crippen LogP contribution in [0.2, 0.25) is 0 Å². The summed E-state index contributed by atoms with van der Waals surface area (Å²) in [5.74, 6) is 0.246. The molecule has 8 heterocycles. The van der Waals surface area contributed by atoms with E-state index in [-0.39, 0.29) is 42.4 Å². The van der Waals surface area contributed by atoms with E-state index in [4.69, 9.17) is 55.6 Å². The lowest BCUT2D eigenvalue weighted by atomic mass is 10.0. The summed E-state index contributed by atoms with van der Waals surface area (Å²) < 4.78 is 74.2. The smallest absolute Gasteiger partial charge is 0.382 e. The van der Waals surface area contributed by atoms with Gasteiger partial charge in [0.15, 0.2) is 41.6 Å². The highest BCUT2D eigenvalue weighted by Crippen LogP contribution is 2.61. The topological polar surface area (TPSA) is 241 Å². The highest BCUT2D eigenvalue weighted by molar-refractivity contribution is 8.44. The summed E-state index contributed by atoms with van der Waals surface area (Å²) in [6.07, 6.45) is -3.52. The molecule has 4 saturated heterocycles. The number of alkyl halides is 1. The van der Waals surface area contributed by atoms with E-state index in [0.717, 1.165) is 0 Å². The Hall–Kier alpha value is -2.46. The van der Waals surface area contributed by atoms with Gasteiger partial charge in [0, 0.05) is 6.42 Å². The number of hydrogen-bond donors (Lipinski definition) is 4. The Labute approximate surface area is 268 Å². The molecule has 2 unspecified atom stereocenters. The van der Waals surface area contributed by atoms with Gasteiger partial charge in [-0.2, -0.15) is 0 Å². The zero-order valence-corrected chi connectivity index (χ0v) is 26.8. The van der Waals surface area contributed by atoms with E-state index in [2.05, 4.69) is 42.2 Å². The fraction of sp³-hybridized carbons (Fsp3) is 0.545. The number of thiol groups is 1. The van der Waals surface area contributed by atoms with Gasteiger partial charge in [-0.05, 0) is 11.8 Å². The minimum atomic E-state index is -4.37. The Kier molecular flexibility index (Phi) is 7.40. The molecule has 0 amide bonds. The van der Waals surface area contributed by atoms with Crippen LogP contribution in [0.1, 0.15) is 18.9 Å². The summed E-state index contributed by atoms with van der Waals surface area (Å²) in [5, 5.41) is 0. The number of anilines is 2. The minimum absolute atomic E-state index is 0.0941. The highest BCUT2D eigenvalue weighted by Gasteiger charge is 2.65. The molecule has 4 aliphatic heterocycles. The maximum absolute atomic E-state index is 16.0. The Morgan fingerprint density at radius 3 is 2.28 bits per heavy atom. The van der Waals surface area contributed by atoms with E-state index in [1.54, 1.807) is 4.57 Å². The molecule has 246 valence electrons. The number of imidazole rings is 2. The van der Waals surface area contributed by atoms with Crippen LogP contribution in [0.4, 0.5) is 16.0 Å². The molecule has 0 radical (unpaired) electrons. The zero-order valence-electron chi connectivity index (χ0n) is 23.3. The average molecular weight is 719 g/mol. The van der Waals surface area contributed by atoms with Crippen molar-refractivity contribution in [3.8, 4) is 0 Å². The highest BCUT2D eigenvalue weighted by atomic mass is 32.7. The zero-order chi connectivity index (χ0) is 32.0. The normalized spacial score (nSPS) is 39.9. The van der Waals surface area contributed by atoms with Crippen molar-refractivity contribution in [3.05, 3.63) is 25.3 Å². The fourth-order valence-corrected chi connectivity index (χ4v) is 9.05. The number of nitrogens with zero attached hydrogens (tertiary/aromatic N) is 8. The summed E-state index contributed by atoms with van der Waals surface area (Å²) in [4.78, 5) is 35.9. The van der Waals surface area contributed by atoms with Gasteiger partial charge in [-0.1, -0.05) is 12.2 Å². The Balaban J connectivity index is 1.13. The second-order valence-electron chi connectivity index (χ2n) is 11.0. The predicted molar refractivity (Wildman–Crippen MR) is 160 cm³/mol. The molecule has 0 aliphatic carbocycles. The molecule has 0 spiro atoms. The van der Waals surface area contributed by atoms with Gasteiger partial charge in [-0.3, -0.25) is 22.7 Å². The number of rotatable bonds is 2. The van der Waals surface area contributed by atoms with E-state index in [1.165, 1.54) is 29.9 Å². The monoisotopic (exact) mass is 718 g/mol. The molecule has 4 aliphatic rings. The van der Waals surface area contributed by atoms with E-state index in [1.807, 2.05) is 0 Å². The van der Waals surface area contributed by atoms with Crippen LogP contribution < -0.4 is 11.5 Å². The molecule has 19 nitrogen and oxygen atoms in total. The maximum atomic E-state index is 16.0. The van der Waals surface area contributed by atoms with Gasteiger partial charge in [0.05, 0.1) is 38.6 Å². The number of aromatic nitrogens is 8. The Bertz CT molecular complexity index is 1940. The predicted octanol–water partition coefficient (Wildman–Crippen LogP) is 1.19. The summed E-state index contributed by atoms with van der Waals surface area (Å²) in [6, 6.07) is 0. The number of fused-ring (bicyclic) bond motifs is 4. The number of hydrogen-bond acceptors (Lipinski definition) is 17. The summed E-state index contributed by atoms with van der Waals surface area (Å²) >= 11 is 9.50. The van der Waals surface area contributed by atoms with Crippen molar-refractivity contribution >= 4 is 71.5 Å². The number of nitrogen functional groups attached to an aromatic ring is 2. The van der Waals surface area contributed by atoms with Crippen LogP contribution in [0.3, 0.4) is 0 Å². The molecule has 4 bridgehead atoms. The van der Waals surface area contributed by atoms with Gasteiger partial charge < -0.3 is 35.1 Å². The van der Waals surface area contributed by atoms with Gasteiger partial charge >= 0.3 is 13.5 Å². The molecule has 4 fully saturated rings. The maximum Gasteiger partial charge on any atom is 0.386 e. The molecule has 0 saturated carbocycles. The quantitative estimate of drug-likeness (QED) is 0.168. The number of halogens is 1. The van der Waals surface area contributed by atoms with E-state index >= 15 is 4.39 Å². The van der Waals surface area contributed by atoms with E-state index in [0.29, 0.717) is 11.2 Å². The van der Waals surface area contributed by atoms with Gasteiger partial charge in [-0.15, -0.1) is 0 Å². The lowest BCUT2D eigenvalue weighted by Gasteiger charge is -2.33. The first-order valence-electron chi connectivity index (χ1n) is 13.7. The van der Waals surface area contributed by atoms with Crippen molar-refractivity contribution in [1.82, 2.24) is 39.0 Å². The SMILES string of the molecule is Nc1ncnc2c1ncn2[C@@H]1O[C@@H]2CCOP(O)(=S)O[C@H]3[C@H]4OC[C@]3(COP(=O)(S)O[C@@H]1[C@H]2F)O[C@H]4n1cnc2c(N)ncnc21. The van der Waals surface area contributed by atoms with Crippen LogP contribution in [0.25, 0.3) is 22.3 Å². The Morgan fingerprint density at radius 2 is 1.61 bits per heavy atom. The van der Waals surface area contributed by atoms with Crippen LogP contribution >= 0.6 is 25.8 Å². The second-order valence-corrected chi connectivity index (χ2v) is 16.6. The van der Waals surface area contributed by atoms with Crippen LogP contribution in [0, 0.1) is 0 Å². The van der Waals surface area contributed by atoms with Crippen molar-refractivity contribution in [2.24, 2.45) is 0 Å². The van der Waals surface area contributed by atoms with Crippen molar-refractivity contribution in [3.63, 3.8) is 0 Å². The molecule has 24 heteroatoms. The standard InChI is InChI=1S/C22H25FN10O9P2S2/c23-10-9-1-2-37-43(34,45)42-15-14-21(33-8-31-12-17(25)27-6-29-19(12)33)40-22(15,3-36-14)4-38-44(35,46)41-13(10)20(39-9)32-7-30-11-16(24)26-5-28-18(11)32/h5-10,13-15,20-21H,1-4H2,(H,34,45)(H,35,46)(H2,24,26,28)(H2,25,27,29)/t9-,10+,13-,14-,15+,20-,21-,22-,43?,44?/m1/s1. The van der Waals surface area contributed by atoms with Crippen molar-refractivity contribution in [1.29, 1.82) is 0 Å². The number of nitrogens with two attached hydrogens (primary N) is 2. The molecule has 46 heavy (non-hydrogen) atoms. The first kappa shape index (κ1) is 30.8. The third-order valence-electron chi connectivity index (χ3n) is 8.19. The van der Waals surface area contributed by atoms with Crippen LogP contribution in [-0.2, 0) is 48.7 Å². The van der Waals surface area contributed by atoms with Gasteiger partial charge in [0.25, 0.3) is 0 Å².